The summed E-state index contributed by atoms with van der Waals surface area (Å²) in [5.74, 6) is 1.55. The molecule has 0 heterocycles. The van der Waals surface area contributed by atoms with Crippen molar-refractivity contribution in [2.75, 3.05) is 7.11 Å². The van der Waals surface area contributed by atoms with E-state index in [4.69, 9.17) is 22.1 Å². The fraction of sp³-hybridized carbons (Fsp3) is 0.600. The van der Waals surface area contributed by atoms with Crippen molar-refractivity contribution >= 4 is 11.6 Å². The molecule has 1 aromatic carbocycles. The van der Waals surface area contributed by atoms with Crippen molar-refractivity contribution in [2.45, 2.75) is 44.6 Å². The number of benzene rings is 1. The van der Waals surface area contributed by atoms with Crippen LogP contribution in [0.5, 0.6) is 5.75 Å². The molecule has 100 valence electrons. The second kappa shape index (κ2) is 6.44. The Morgan fingerprint density at radius 2 is 2.06 bits per heavy atom. The average Bonchev–Trinajstić information content (AvgIpc) is 2.40. The first-order valence-corrected chi connectivity index (χ1v) is 7.16. The lowest BCUT2D eigenvalue weighted by atomic mass is 9.82. The Morgan fingerprint density at radius 1 is 1.33 bits per heavy atom. The van der Waals surface area contributed by atoms with Gasteiger partial charge in [-0.2, -0.15) is 0 Å². The largest absolute Gasteiger partial charge is 0.496 e. The van der Waals surface area contributed by atoms with Gasteiger partial charge in [-0.05, 0) is 48.9 Å². The molecule has 2 nitrogen and oxygen atoms in total. The van der Waals surface area contributed by atoms with Gasteiger partial charge < -0.3 is 10.5 Å². The maximum absolute atomic E-state index is 6.36. The minimum Gasteiger partial charge on any atom is -0.496 e. The minimum atomic E-state index is 0.220. The summed E-state index contributed by atoms with van der Waals surface area (Å²) in [5, 5.41) is 0.752. The molecule has 0 amide bonds. The molecule has 1 atom stereocenters. The van der Waals surface area contributed by atoms with E-state index in [1.807, 2.05) is 18.2 Å². The summed E-state index contributed by atoms with van der Waals surface area (Å²) in [6.07, 6.45) is 7.41. The number of hydrogen-bond donors (Lipinski definition) is 1. The highest BCUT2D eigenvalue weighted by Crippen LogP contribution is 2.30. The summed E-state index contributed by atoms with van der Waals surface area (Å²) in [7, 11) is 1.69. The number of methoxy groups -OCH3 is 1. The Labute approximate surface area is 114 Å². The molecule has 0 radical (unpaired) electrons. The fourth-order valence-corrected chi connectivity index (χ4v) is 3.08. The molecule has 2 rings (SSSR count). The van der Waals surface area contributed by atoms with Crippen LogP contribution >= 0.6 is 11.6 Å². The molecule has 0 aromatic heterocycles. The van der Waals surface area contributed by atoms with Crippen LogP contribution in [0.25, 0.3) is 0 Å². The van der Waals surface area contributed by atoms with Gasteiger partial charge in [0.05, 0.1) is 7.11 Å². The number of halogens is 1. The summed E-state index contributed by atoms with van der Waals surface area (Å²) in [5.41, 5.74) is 7.48. The van der Waals surface area contributed by atoms with Gasteiger partial charge in [0.15, 0.2) is 0 Å². The lowest BCUT2D eigenvalue weighted by molar-refractivity contribution is 0.301. The van der Waals surface area contributed by atoms with E-state index in [9.17, 15) is 0 Å². The third-order valence-electron chi connectivity index (χ3n) is 3.95. The molecule has 1 saturated carbocycles. The van der Waals surface area contributed by atoms with Gasteiger partial charge >= 0.3 is 0 Å². The third kappa shape index (κ3) is 3.39. The van der Waals surface area contributed by atoms with Gasteiger partial charge in [-0.1, -0.05) is 30.9 Å². The van der Waals surface area contributed by atoms with Crippen molar-refractivity contribution in [1.82, 2.24) is 0 Å². The third-order valence-corrected chi connectivity index (χ3v) is 4.19. The summed E-state index contributed by atoms with van der Waals surface area (Å²) >= 11 is 6.05. The van der Waals surface area contributed by atoms with Crippen LogP contribution in [0, 0.1) is 5.92 Å². The van der Waals surface area contributed by atoms with Crippen LogP contribution < -0.4 is 10.5 Å². The molecule has 1 aliphatic rings. The maximum atomic E-state index is 6.36. The van der Waals surface area contributed by atoms with Gasteiger partial charge in [0.2, 0.25) is 0 Å². The number of rotatable bonds is 4. The van der Waals surface area contributed by atoms with Crippen LogP contribution in [-0.2, 0) is 6.42 Å². The first-order chi connectivity index (χ1) is 8.70. The lowest BCUT2D eigenvalue weighted by Crippen LogP contribution is -2.33. The molecule has 18 heavy (non-hydrogen) atoms. The molecule has 0 saturated heterocycles. The first kappa shape index (κ1) is 13.7. The maximum Gasteiger partial charge on any atom is 0.122 e. The van der Waals surface area contributed by atoms with E-state index in [0.29, 0.717) is 5.92 Å². The van der Waals surface area contributed by atoms with Crippen molar-refractivity contribution in [3.8, 4) is 5.75 Å². The Balaban J connectivity index is 2.05. The van der Waals surface area contributed by atoms with E-state index in [0.717, 1.165) is 22.8 Å². The van der Waals surface area contributed by atoms with Crippen LogP contribution in [0.3, 0.4) is 0 Å². The second-order valence-electron chi connectivity index (χ2n) is 5.22. The quantitative estimate of drug-likeness (QED) is 0.901. The summed E-state index contributed by atoms with van der Waals surface area (Å²) in [6, 6.07) is 5.97. The Morgan fingerprint density at radius 3 is 2.72 bits per heavy atom. The molecular weight excluding hydrogens is 246 g/mol. The predicted molar refractivity (Wildman–Crippen MR) is 76.3 cm³/mol. The standard InChI is InChI=1S/C15H22ClNO/c1-18-15-8-7-13(16)9-12(15)10-14(17)11-5-3-2-4-6-11/h7-9,11,14H,2-6,10,17H2,1H3. The van der Waals surface area contributed by atoms with Crippen LogP contribution in [0.15, 0.2) is 18.2 Å². The topological polar surface area (TPSA) is 35.2 Å². The van der Waals surface area contributed by atoms with Crippen LogP contribution in [0.1, 0.15) is 37.7 Å². The highest BCUT2D eigenvalue weighted by Gasteiger charge is 2.21. The monoisotopic (exact) mass is 267 g/mol. The highest BCUT2D eigenvalue weighted by molar-refractivity contribution is 6.30. The van der Waals surface area contributed by atoms with Crippen molar-refractivity contribution in [3.63, 3.8) is 0 Å². The van der Waals surface area contributed by atoms with Gasteiger partial charge in [-0.15, -0.1) is 0 Å². The molecular formula is C15H22ClNO. The van der Waals surface area contributed by atoms with E-state index < -0.39 is 0 Å². The van der Waals surface area contributed by atoms with E-state index in [2.05, 4.69) is 0 Å². The van der Waals surface area contributed by atoms with Gasteiger partial charge in [0.1, 0.15) is 5.75 Å². The zero-order valence-corrected chi connectivity index (χ0v) is 11.7. The zero-order chi connectivity index (χ0) is 13.0. The van der Waals surface area contributed by atoms with E-state index in [-0.39, 0.29) is 6.04 Å². The van der Waals surface area contributed by atoms with Crippen molar-refractivity contribution < 1.29 is 4.74 Å². The van der Waals surface area contributed by atoms with Crippen LogP contribution in [-0.4, -0.2) is 13.2 Å². The zero-order valence-electron chi connectivity index (χ0n) is 11.0. The Hall–Kier alpha value is -0.730. The van der Waals surface area contributed by atoms with Gasteiger partial charge in [-0.3, -0.25) is 0 Å². The lowest BCUT2D eigenvalue weighted by Gasteiger charge is -2.28. The van der Waals surface area contributed by atoms with E-state index in [1.165, 1.54) is 32.1 Å². The van der Waals surface area contributed by atoms with Gasteiger partial charge in [-0.25, -0.2) is 0 Å². The van der Waals surface area contributed by atoms with E-state index in [1.54, 1.807) is 7.11 Å². The number of hydrogen-bond acceptors (Lipinski definition) is 2. The fourth-order valence-electron chi connectivity index (χ4n) is 2.89. The molecule has 1 aromatic rings. The molecule has 2 N–H and O–H groups in total. The SMILES string of the molecule is COc1ccc(Cl)cc1CC(N)C1CCCCC1. The normalized spacial score (nSPS) is 18.6. The number of nitrogens with two attached hydrogens (primary N) is 1. The molecule has 1 aliphatic carbocycles. The minimum absolute atomic E-state index is 0.220. The summed E-state index contributed by atoms with van der Waals surface area (Å²) in [6.45, 7) is 0. The van der Waals surface area contributed by atoms with Crippen molar-refractivity contribution in [2.24, 2.45) is 11.7 Å². The van der Waals surface area contributed by atoms with Gasteiger partial charge in [0, 0.05) is 11.1 Å². The number of ether oxygens (including phenoxy) is 1. The molecule has 1 fully saturated rings. The highest BCUT2D eigenvalue weighted by atomic mass is 35.5. The molecule has 0 spiro atoms. The Kier molecular flexibility index (Phi) is 4.90. The smallest absolute Gasteiger partial charge is 0.122 e. The molecule has 0 aliphatic heterocycles. The molecule has 1 unspecified atom stereocenters. The molecule has 0 bridgehead atoms. The van der Waals surface area contributed by atoms with Crippen molar-refractivity contribution in [3.05, 3.63) is 28.8 Å². The Bertz CT molecular complexity index is 388. The summed E-state index contributed by atoms with van der Waals surface area (Å²) < 4.78 is 5.37. The first-order valence-electron chi connectivity index (χ1n) is 6.78. The van der Waals surface area contributed by atoms with Crippen LogP contribution in [0.4, 0.5) is 0 Å². The summed E-state index contributed by atoms with van der Waals surface area (Å²) in [4.78, 5) is 0. The van der Waals surface area contributed by atoms with Gasteiger partial charge in [0.25, 0.3) is 0 Å². The van der Waals surface area contributed by atoms with E-state index >= 15 is 0 Å². The van der Waals surface area contributed by atoms with Crippen molar-refractivity contribution in [1.29, 1.82) is 0 Å². The average molecular weight is 268 g/mol. The molecule has 3 heteroatoms. The second-order valence-corrected chi connectivity index (χ2v) is 5.66. The predicted octanol–water partition coefficient (Wildman–Crippen LogP) is 3.80. The van der Waals surface area contributed by atoms with Crippen LogP contribution in [0.2, 0.25) is 5.02 Å².